The van der Waals surface area contributed by atoms with Gasteiger partial charge in [-0.1, -0.05) is 43.4 Å². The second-order valence-corrected chi connectivity index (χ2v) is 6.00. The van der Waals surface area contributed by atoms with Gasteiger partial charge in [-0.25, -0.2) is 4.79 Å². The normalized spacial score (nSPS) is 21.1. The van der Waals surface area contributed by atoms with Gasteiger partial charge in [0.1, 0.15) is 0 Å². The van der Waals surface area contributed by atoms with Crippen LogP contribution in [0.5, 0.6) is 0 Å². The number of carbonyl (C=O) groups is 1. The third kappa shape index (κ3) is 3.34. The van der Waals surface area contributed by atoms with Crippen LogP contribution in [-0.2, 0) is 6.42 Å². The van der Waals surface area contributed by atoms with Crippen LogP contribution in [0.1, 0.15) is 42.1 Å². The number of carboxylic acid groups (broad SMARTS) is 1. The highest BCUT2D eigenvalue weighted by molar-refractivity contribution is 7.79. The Hall–Kier alpha value is -1.48. The number of hydrogen-bond donors (Lipinski definition) is 1. The molecule has 106 valence electrons. The van der Waals surface area contributed by atoms with Crippen molar-refractivity contribution in [2.45, 2.75) is 32.6 Å². The average Bonchev–Trinajstić information content (AvgIpc) is 2.48. The summed E-state index contributed by atoms with van der Waals surface area (Å²) in [6, 6.07) is 7.12. The Bertz CT molecular complexity index is 518. The van der Waals surface area contributed by atoms with Gasteiger partial charge in [-0.2, -0.15) is 0 Å². The fraction of sp³-hybridized carbons (Fsp3) is 0.412. The minimum atomic E-state index is -0.885. The van der Waals surface area contributed by atoms with Gasteiger partial charge in [0.2, 0.25) is 0 Å². The molecule has 0 fully saturated rings. The molecule has 2 nitrogen and oxygen atoms in total. The maximum Gasteiger partial charge on any atom is 0.335 e. The Labute approximate surface area is 125 Å². The summed E-state index contributed by atoms with van der Waals surface area (Å²) in [5.41, 5.74) is 1.42. The van der Waals surface area contributed by atoms with Crippen molar-refractivity contribution in [1.82, 2.24) is 0 Å². The Kier molecular flexibility index (Phi) is 4.71. The van der Waals surface area contributed by atoms with E-state index in [1.807, 2.05) is 17.5 Å². The van der Waals surface area contributed by atoms with E-state index < -0.39 is 5.97 Å². The molecule has 0 heterocycles. The largest absolute Gasteiger partial charge is 0.478 e. The topological polar surface area (TPSA) is 37.3 Å². The Morgan fingerprint density at radius 3 is 2.65 bits per heavy atom. The van der Waals surface area contributed by atoms with Crippen LogP contribution in [0.4, 0.5) is 0 Å². The summed E-state index contributed by atoms with van der Waals surface area (Å²) < 4.78 is 0. The summed E-state index contributed by atoms with van der Waals surface area (Å²) in [5.74, 6) is -0.405. The van der Waals surface area contributed by atoms with Crippen LogP contribution in [-0.4, -0.2) is 16.4 Å². The van der Waals surface area contributed by atoms with Crippen molar-refractivity contribution in [2.75, 3.05) is 0 Å². The predicted octanol–water partition coefficient (Wildman–Crippen LogP) is 4.29. The molecule has 0 aromatic heterocycles. The van der Waals surface area contributed by atoms with Gasteiger partial charge in [0.05, 0.1) is 5.56 Å². The zero-order valence-electron chi connectivity index (χ0n) is 11.7. The zero-order valence-corrected chi connectivity index (χ0v) is 12.5. The summed E-state index contributed by atoms with van der Waals surface area (Å²) in [6.07, 6.45) is 8.95. The van der Waals surface area contributed by atoms with Crippen molar-refractivity contribution < 1.29 is 9.90 Å². The Morgan fingerprint density at radius 2 is 2.15 bits per heavy atom. The lowest BCUT2D eigenvalue weighted by molar-refractivity contribution is 0.0697. The zero-order chi connectivity index (χ0) is 14.6. The number of allylic oxidation sites excluding steroid dienone is 2. The van der Waals surface area contributed by atoms with E-state index in [2.05, 4.69) is 19.1 Å². The summed E-state index contributed by atoms with van der Waals surface area (Å²) in [6.45, 7) is 2.20. The molecule has 2 atom stereocenters. The molecular formula is C17H20O2S. The van der Waals surface area contributed by atoms with Gasteiger partial charge in [-0.05, 0) is 54.7 Å². The second kappa shape index (κ2) is 6.31. The predicted molar refractivity (Wildman–Crippen MR) is 85.3 cm³/mol. The highest BCUT2D eigenvalue weighted by atomic mass is 32.1. The molecule has 0 saturated carbocycles. The number of hydrogen-bond acceptors (Lipinski definition) is 2. The molecule has 3 heteroatoms. The number of aromatic carboxylic acids is 1. The fourth-order valence-corrected chi connectivity index (χ4v) is 3.09. The van der Waals surface area contributed by atoms with Crippen molar-refractivity contribution >= 4 is 23.6 Å². The van der Waals surface area contributed by atoms with Gasteiger partial charge in [-0.15, -0.1) is 0 Å². The van der Waals surface area contributed by atoms with Crippen molar-refractivity contribution in [2.24, 2.45) is 11.3 Å². The second-order valence-electron chi connectivity index (χ2n) is 5.77. The van der Waals surface area contributed by atoms with Gasteiger partial charge in [0.25, 0.3) is 0 Å². The number of rotatable bonds is 5. The van der Waals surface area contributed by atoms with Gasteiger partial charge in [0, 0.05) is 5.41 Å². The lowest BCUT2D eigenvalue weighted by Gasteiger charge is -2.34. The van der Waals surface area contributed by atoms with Crippen molar-refractivity contribution in [3.05, 3.63) is 47.5 Å². The molecule has 2 unspecified atom stereocenters. The first kappa shape index (κ1) is 14.9. The maximum atomic E-state index is 10.9. The van der Waals surface area contributed by atoms with Gasteiger partial charge < -0.3 is 5.11 Å². The minimum absolute atomic E-state index is 0.0446. The molecule has 1 aliphatic rings. The monoisotopic (exact) mass is 288 g/mol. The molecule has 20 heavy (non-hydrogen) atoms. The molecule has 0 amide bonds. The van der Waals surface area contributed by atoms with E-state index in [9.17, 15) is 4.79 Å². The van der Waals surface area contributed by atoms with Crippen molar-refractivity contribution in [1.29, 1.82) is 0 Å². The molecule has 0 bridgehead atoms. The van der Waals surface area contributed by atoms with Crippen molar-refractivity contribution in [3.63, 3.8) is 0 Å². The van der Waals surface area contributed by atoms with Crippen LogP contribution in [0.25, 0.3) is 0 Å². The van der Waals surface area contributed by atoms with Crippen molar-refractivity contribution in [3.8, 4) is 0 Å². The molecule has 0 spiro atoms. The third-order valence-corrected chi connectivity index (χ3v) is 4.69. The van der Waals surface area contributed by atoms with E-state index in [0.29, 0.717) is 11.5 Å². The van der Waals surface area contributed by atoms with E-state index in [-0.39, 0.29) is 5.41 Å². The minimum Gasteiger partial charge on any atom is -0.478 e. The lowest BCUT2D eigenvalue weighted by atomic mass is 9.70. The van der Waals surface area contributed by atoms with Crippen LogP contribution in [0.2, 0.25) is 0 Å². The van der Waals surface area contributed by atoms with E-state index >= 15 is 0 Å². The lowest BCUT2D eigenvalue weighted by Crippen LogP contribution is -2.30. The SMILES string of the molecule is CC(C=S)(Cc1ccc(C(=O)O)cc1)C1C=CCCC1. The van der Waals surface area contributed by atoms with E-state index in [4.69, 9.17) is 17.3 Å². The molecule has 0 saturated heterocycles. The van der Waals surface area contributed by atoms with Crippen LogP contribution in [0, 0.1) is 11.3 Å². The highest BCUT2D eigenvalue weighted by Crippen LogP contribution is 2.36. The van der Waals surface area contributed by atoms with Gasteiger partial charge in [-0.3, -0.25) is 0 Å². The molecule has 1 aromatic rings. The summed E-state index contributed by atoms with van der Waals surface area (Å²) in [5, 5.41) is 10.8. The molecule has 2 rings (SSSR count). The van der Waals surface area contributed by atoms with Gasteiger partial charge >= 0.3 is 5.97 Å². The summed E-state index contributed by atoms with van der Waals surface area (Å²) in [7, 11) is 0. The highest BCUT2D eigenvalue weighted by Gasteiger charge is 2.31. The molecular weight excluding hydrogens is 268 g/mol. The molecule has 0 aliphatic heterocycles. The molecule has 1 aromatic carbocycles. The number of carboxylic acids is 1. The van der Waals surface area contributed by atoms with E-state index in [1.165, 1.54) is 12.8 Å². The van der Waals surface area contributed by atoms with Crippen LogP contribution in [0.3, 0.4) is 0 Å². The van der Waals surface area contributed by atoms with Crippen LogP contribution in [0.15, 0.2) is 36.4 Å². The molecule has 0 radical (unpaired) electrons. The smallest absolute Gasteiger partial charge is 0.335 e. The Morgan fingerprint density at radius 1 is 1.45 bits per heavy atom. The van der Waals surface area contributed by atoms with Crippen LogP contribution >= 0.6 is 12.2 Å². The van der Waals surface area contributed by atoms with Crippen LogP contribution < -0.4 is 0 Å². The van der Waals surface area contributed by atoms with E-state index in [0.717, 1.165) is 18.4 Å². The maximum absolute atomic E-state index is 10.9. The van der Waals surface area contributed by atoms with E-state index in [1.54, 1.807) is 12.1 Å². The fourth-order valence-electron chi connectivity index (χ4n) is 2.83. The Balaban J connectivity index is 2.16. The van der Waals surface area contributed by atoms with Gasteiger partial charge in [0.15, 0.2) is 0 Å². The quantitative estimate of drug-likeness (QED) is 0.648. The number of thiocarbonyl (C=S) groups is 1. The first-order valence-electron chi connectivity index (χ1n) is 7.00. The summed E-state index contributed by atoms with van der Waals surface area (Å²) >= 11 is 5.28. The molecule has 1 aliphatic carbocycles. The first-order valence-corrected chi connectivity index (χ1v) is 7.47. The standard InChI is InChI=1S/C17H20O2S/c1-17(12-20,15-5-3-2-4-6-15)11-13-7-9-14(10-8-13)16(18)19/h3,5,7-10,12,15H,2,4,6,11H2,1H3,(H,18,19). The third-order valence-electron chi connectivity index (χ3n) is 4.16. The molecule has 1 N–H and O–H groups in total. The number of benzene rings is 1. The average molecular weight is 288 g/mol. The first-order chi connectivity index (χ1) is 9.55. The summed E-state index contributed by atoms with van der Waals surface area (Å²) in [4.78, 5) is 10.9.